The van der Waals surface area contributed by atoms with Gasteiger partial charge >= 0.3 is 0 Å². The lowest BCUT2D eigenvalue weighted by atomic mass is 10.1. The van der Waals surface area contributed by atoms with E-state index in [2.05, 4.69) is 43.3 Å². The molecule has 0 N–H and O–H groups in total. The highest BCUT2D eigenvalue weighted by molar-refractivity contribution is 5.30. The zero-order chi connectivity index (χ0) is 16.1. The average Bonchev–Trinajstić information content (AvgIpc) is 3.03. The van der Waals surface area contributed by atoms with Crippen LogP contribution in [-0.4, -0.2) is 44.6 Å². The van der Waals surface area contributed by atoms with Crippen molar-refractivity contribution < 1.29 is 0 Å². The third kappa shape index (κ3) is 4.07. The van der Waals surface area contributed by atoms with Gasteiger partial charge in [0, 0.05) is 56.5 Å². The van der Waals surface area contributed by atoms with Crippen molar-refractivity contribution in [2.24, 2.45) is 0 Å². The van der Waals surface area contributed by atoms with E-state index in [-0.39, 0.29) is 0 Å². The standard InChI is InChI=1S/C17H26N6/c1-3-22-10-7-18-16(22)14-21(2)13-15-11-19-17(20-12-15)23-8-5-4-6-9-23/h7,10-12H,3-6,8-9,13-14H2,1-2H3. The van der Waals surface area contributed by atoms with E-state index in [1.807, 2.05) is 24.8 Å². The molecule has 0 saturated carbocycles. The summed E-state index contributed by atoms with van der Waals surface area (Å²) in [5.74, 6) is 1.97. The minimum Gasteiger partial charge on any atom is -0.341 e. The summed E-state index contributed by atoms with van der Waals surface area (Å²) >= 11 is 0. The maximum Gasteiger partial charge on any atom is 0.225 e. The molecule has 0 aromatic carbocycles. The van der Waals surface area contributed by atoms with Gasteiger partial charge in [-0.2, -0.15) is 0 Å². The normalized spacial score (nSPS) is 15.3. The van der Waals surface area contributed by atoms with Gasteiger partial charge in [-0.1, -0.05) is 0 Å². The van der Waals surface area contributed by atoms with Crippen LogP contribution in [0.5, 0.6) is 0 Å². The van der Waals surface area contributed by atoms with Gasteiger partial charge in [-0.3, -0.25) is 4.90 Å². The molecule has 1 saturated heterocycles. The summed E-state index contributed by atoms with van der Waals surface area (Å²) in [7, 11) is 2.10. The summed E-state index contributed by atoms with van der Waals surface area (Å²) in [6.45, 7) is 6.92. The van der Waals surface area contributed by atoms with Crippen molar-refractivity contribution in [3.8, 4) is 0 Å². The zero-order valence-electron chi connectivity index (χ0n) is 14.1. The first-order valence-electron chi connectivity index (χ1n) is 8.50. The van der Waals surface area contributed by atoms with Gasteiger partial charge in [0.1, 0.15) is 5.82 Å². The van der Waals surface area contributed by atoms with Gasteiger partial charge in [-0.25, -0.2) is 15.0 Å². The molecule has 0 unspecified atom stereocenters. The maximum absolute atomic E-state index is 4.55. The van der Waals surface area contributed by atoms with Crippen molar-refractivity contribution in [2.75, 3.05) is 25.0 Å². The molecule has 2 aromatic rings. The summed E-state index contributed by atoms with van der Waals surface area (Å²) < 4.78 is 2.17. The van der Waals surface area contributed by atoms with Gasteiger partial charge in [0.25, 0.3) is 0 Å². The second-order valence-electron chi connectivity index (χ2n) is 6.24. The summed E-state index contributed by atoms with van der Waals surface area (Å²) in [5.41, 5.74) is 1.14. The smallest absolute Gasteiger partial charge is 0.225 e. The molecule has 3 heterocycles. The number of aryl methyl sites for hydroxylation is 1. The number of piperidine rings is 1. The summed E-state index contributed by atoms with van der Waals surface area (Å²) in [4.78, 5) is 18.1. The molecule has 0 radical (unpaired) electrons. The fraction of sp³-hybridized carbons (Fsp3) is 0.588. The van der Waals surface area contributed by atoms with E-state index in [1.54, 1.807) is 0 Å². The fourth-order valence-electron chi connectivity index (χ4n) is 3.08. The van der Waals surface area contributed by atoms with Gasteiger partial charge in [-0.15, -0.1) is 0 Å². The Bertz CT molecular complexity index is 600. The van der Waals surface area contributed by atoms with Crippen molar-refractivity contribution in [3.05, 3.63) is 36.2 Å². The highest BCUT2D eigenvalue weighted by Crippen LogP contribution is 2.15. The molecule has 0 amide bonds. The van der Waals surface area contributed by atoms with Gasteiger partial charge in [0.05, 0.1) is 6.54 Å². The van der Waals surface area contributed by atoms with Crippen molar-refractivity contribution in [2.45, 2.75) is 45.8 Å². The van der Waals surface area contributed by atoms with E-state index in [1.165, 1.54) is 19.3 Å². The van der Waals surface area contributed by atoms with Gasteiger partial charge < -0.3 is 9.47 Å². The third-order valence-electron chi connectivity index (χ3n) is 4.34. The minimum atomic E-state index is 0.828. The fourth-order valence-corrected chi connectivity index (χ4v) is 3.08. The Morgan fingerprint density at radius 2 is 1.78 bits per heavy atom. The van der Waals surface area contributed by atoms with Gasteiger partial charge in [0.15, 0.2) is 0 Å². The number of aromatic nitrogens is 4. The molecule has 0 aliphatic carbocycles. The average molecular weight is 314 g/mol. The monoisotopic (exact) mass is 314 g/mol. The Morgan fingerprint density at radius 3 is 2.48 bits per heavy atom. The molecule has 1 aliphatic rings. The Morgan fingerprint density at radius 1 is 1.04 bits per heavy atom. The molecule has 124 valence electrons. The minimum absolute atomic E-state index is 0.828. The van der Waals surface area contributed by atoms with E-state index < -0.39 is 0 Å². The van der Waals surface area contributed by atoms with Crippen LogP contribution in [0.2, 0.25) is 0 Å². The van der Waals surface area contributed by atoms with Crippen LogP contribution in [-0.2, 0) is 19.6 Å². The van der Waals surface area contributed by atoms with E-state index in [9.17, 15) is 0 Å². The molecule has 2 aromatic heterocycles. The largest absolute Gasteiger partial charge is 0.341 e. The SMILES string of the molecule is CCn1ccnc1CN(C)Cc1cnc(N2CCCCC2)nc1. The lowest BCUT2D eigenvalue weighted by Crippen LogP contribution is -2.31. The number of hydrogen-bond acceptors (Lipinski definition) is 5. The summed E-state index contributed by atoms with van der Waals surface area (Å²) in [6.07, 6.45) is 11.6. The zero-order valence-corrected chi connectivity index (χ0v) is 14.1. The van der Waals surface area contributed by atoms with Crippen molar-refractivity contribution in [1.82, 2.24) is 24.4 Å². The Kier molecular flexibility index (Phi) is 5.23. The van der Waals surface area contributed by atoms with Crippen LogP contribution in [0.1, 0.15) is 37.6 Å². The first-order valence-corrected chi connectivity index (χ1v) is 8.50. The van der Waals surface area contributed by atoms with Crippen LogP contribution < -0.4 is 4.90 Å². The van der Waals surface area contributed by atoms with Gasteiger partial charge in [0.2, 0.25) is 5.95 Å². The Labute approximate surface area is 138 Å². The van der Waals surface area contributed by atoms with Crippen molar-refractivity contribution in [1.29, 1.82) is 0 Å². The van der Waals surface area contributed by atoms with Crippen LogP contribution in [0, 0.1) is 0 Å². The number of imidazole rings is 1. The molecule has 23 heavy (non-hydrogen) atoms. The van der Waals surface area contributed by atoms with Crippen LogP contribution >= 0.6 is 0 Å². The van der Waals surface area contributed by atoms with Crippen molar-refractivity contribution >= 4 is 5.95 Å². The molecular formula is C17H26N6. The van der Waals surface area contributed by atoms with Crippen LogP contribution in [0.25, 0.3) is 0 Å². The third-order valence-corrected chi connectivity index (χ3v) is 4.34. The second-order valence-corrected chi connectivity index (χ2v) is 6.24. The molecule has 6 heteroatoms. The highest BCUT2D eigenvalue weighted by Gasteiger charge is 2.13. The molecule has 3 rings (SSSR count). The first-order chi connectivity index (χ1) is 11.3. The summed E-state index contributed by atoms with van der Waals surface area (Å²) in [5, 5.41) is 0. The predicted molar refractivity (Wildman–Crippen MR) is 91.2 cm³/mol. The number of anilines is 1. The topological polar surface area (TPSA) is 50.1 Å². The number of rotatable bonds is 6. The molecule has 6 nitrogen and oxygen atoms in total. The molecule has 0 atom stereocenters. The Balaban J connectivity index is 1.57. The quantitative estimate of drug-likeness (QED) is 0.819. The lowest BCUT2D eigenvalue weighted by molar-refractivity contribution is 0.304. The number of hydrogen-bond donors (Lipinski definition) is 0. The molecule has 0 bridgehead atoms. The first kappa shape index (κ1) is 15.9. The van der Waals surface area contributed by atoms with Crippen LogP contribution in [0.4, 0.5) is 5.95 Å². The van der Waals surface area contributed by atoms with Crippen molar-refractivity contribution in [3.63, 3.8) is 0 Å². The van der Waals surface area contributed by atoms with E-state index in [0.717, 1.165) is 50.1 Å². The molecule has 0 spiro atoms. The summed E-state index contributed by atoms with van der Waals surface area (Å²) in [6, 6.07) is 0. The molecule has 1 fully saturated rings. The van der Waals surface area contributed by atoms with Crippen LogP contribution in [0.15, 0.2) is 24.8 Å². The Hall–Kier alpha value is -1.95. The predicted octanol–water partition coefficient (Wildman–Crippen LogP) is 2.32. The lowest BCUT2D eigenvalue weighted by Gasteiger charge is -2.26. The number of nitrogens with zero attached hydrogens (tertiary/aromatic N) is 6. The van der Waals surface area contributed by atoms with E-state index in [0.29, 0.717) is 0 Å². The van der Waals surface area contributed by atoms with E-state index in [4.69, 9.17) is 0 Å². The molecular weight excluding hydrogens is 288 g/mol. The maximum atomic E-state index is 4.55. The highest BCUT2D eigenvalue weighted by atomic mass is 15.2. The van der Waals surface area contributed by atoms with E-state index >= 15 is 0 Å². The van der Waals surface area contributed by atoms with Crippen LogP contribution in [0.3, 0.4) is 0 Å². The molecule has 1 aliphatic heterocycles. The van der Waals surface area contributed by atoms with Gasteiger partial charge in [-0.05, 0) is 33.2 Å². The second kappa shape index (κ2) is 7.55.